The Hall–Kier alpha value is -0.770. The first-order valence-electron chi connectivity index (χ1n) is 6.64. The molecule has 0 aliphatic carbocycles. The Balaban J connectivity index is 2.19. The molecule has 3 nitrogen and oxygen atoms in total. The van der Waals surface area contributed by atoms with Crippen molar-refractivity contribution in [3.05, 3.63) is 28.8 Å². The van der Waals surface area contributed by atoms with Gasteiger partial charge in [-0.2, -0.15) is 0 Å². The van der Waals surface area contributed by atoms with Crippen molar-refractivity contribution in [2.45, 2.75) is 13.5 Å². The molecule has 0 unspecified atom stereocenters. The predicted molar refractivity (Wildman–Crippen MR) is 78.5 cm³/mol. The molecule has 1 heterocycles. The molecular weight excluding hydrogens is 246 g/mol. The lowest BCUT2D eigenvalue weighted by molar-refractivity contribution is 0.312. The summed E-state index contributed by atoms with van der Waals surface area (Å²) in [6.07, 6.45) is 0. The summed E-state index contributed by atoms with van der Waals surface area (Å²) in [7, 11) is 2.17. The molecule has 1 saturated heterocycles. The second kappa shape index (κ2) is 6.41. The molecule has 1 aromatic rings. The van der Waals surface area contributed by atoms with Crippen LogP contribution in [0.4, 0.5) is 5.69 Å². The Kier molecular flexibility index (Phi) is 4.87. The molecule has 0 atom stereocenters. The molecule has 1 fully saturated rings. The molecule has 4 heteroatoms. The number of rotatable bonds is 4. The number of hydrogen-bond acceptors (Lipinski definition) is 3. The third kappa shape index (κ3) is 3.16. The van der Waals surface area contributed by atoms with Crippen LogP contribution >= 0.6 is 11.6 Å². The fourth-order valence-corrected chi connectivity index (χ4v) is 2.66. The van der Waals surface area contributed by atoms with Gasteiger partial charge in [-0.05, 0) is 25.2 Å². The van der Waals surface area contributed by atoms with E-state index in [1.165, 1.54) is 11.3 Å². The molecule has 1 aliphatic heterocycles. The zero-order chi connectivity index (χ0) is 13.0. The van der Waals surface area contributed by atoms with Gasteiger partial charge in [0, 0.05) is 32.7 Å². The normalized spacial score (nSPS) is 17.2. The molecule has 0 aromatic heterocycles. The summed E-state index contributed by atoms with van der Waals surface area (Å²) in [6.45, 7) is 8.31. The number of halogens is 1. The summed E-state index contributed by atoms with van der Waals surface area (Å²) in [5.41, 5.74) is 2.52. The third-order valence-electron chi connectivity index (χ3n) is 3.46. The van der Waals surface area contributed by atoms with Gasteiger partial charge in [0.15, 0.2) is 0 Å². The second-order valence-electron chi connectivity index (χ2n) is 4.82. The van der Waals surface area contributed by atoms with Crippen molar-refractivity contribution < 1.29 is 0 Å². The van der Waals surface area contributed by atoms with E-state index < -0.39 is 0 Å². The number of nitrogens with zero attached hydrogens (tertiary/aromatic N) is 2. The van der Waals surface area contributed by atoms with Crippen LogP contribution in [0.1, 0.15) is 12.5 Å². The van der Waals surface area contributed by atoms with Crippen LogP contribution in [0.2, 0.25) is 5.02 Å². The van der Waals surface area contributed by atoms with Crippen LogP contribution in [-0.2, 0) is 6.54 Å². The maximum atomic E-state index is 6.39. The van der Waals surface area contributed by atoms with E-state index in [-0.39, 0.29) is 0 Å². The van der Waals surface area contributed by atoms with Gasteiger partial charge < -0.3 is 15.1 Å². The number of hydrogen-bond donors (Lipinski definition) is 1. The molecule has 100 valence electrons. The monoisotopic (exact) mass is 267 g/mol. The molecular formula is C14H22ClN3. The van der Waals surface area contributed by atoms with Gasteiger partial charge in [-0.3, -0.25) is 0 Å². The highest BCUT2D eigenvalue weighted by atomic mass is 35.5. The van der Waals surface area contributed by atoms with Gasteiger partial charge >= 0.3 is 0 Å². The van der Waals surface area contributed by atoms with Gasteiger partial charge in [0.05, 0.1) is 10.7 Å². The standard InChI is InChI=1S/C14H22ClN3/c1-3-16-11-12-5-4-6-13(15)14(12)18-9-7-17(2)8-10-18/h4-6,16H,3,7-11H2,1-2H3. The molecule has 1 aromatic carbocycles. The third-order valence-corrected chi connectivity index (χ3v) is 3.76. The van der Waals surface area contributed by atoms with Crippen LogP contribution in [-0.4, -0.2) is 44.7 Å². The number of likely N-dealkylation sites (N-methyl/N-ethyl adjacent to an activating group) is 1. The Morgan fingerprint density at radius 3 is 2.61 bits per heavy atom. The molecule has 0 spiro atoms. The minimum Gasteiger partial charge on any atom is -0.368 e. The molecule has 0 radical (unpaired) electrons. The fourth-order valence-electron chi connectivity index (χ4n) is 2.35. The molecule has 2 rings (SSSR count). The highest BCUT2D eigenvalue weighted by molar-refractivity contribution is 6.33. The summed E-state index contributed by atoms with van der Waals surface area (Å²) in [5.74, 6) is 0. The van der Waals surface area contributed by atoms with E-state index in [0.717, 1.165) is 44.3 Å². The first kappa shape index (κ1) is 13.7. The summed E-state index contributed by atoms with van der Waals surface area (Å²) in [6, 6.07) is 6.20. The highest BCUT2D eigenvalue weighted by Crippen LogP contribution is 2.30. The molecule has 0 saturated carbocycles. The zero-order valence-corrected chi connectivity index (χ0v) is 12.0. The Bertz CT molecular complexity index is 387. The van der Waals surface area contributed by atoms with E-state index in [1.54, 1.807) is 0 Å². The van der Waals surface area contributed by atoms with Gasteiger partial charge in [0.25, 0.3) is 0 Å². The average Bonchev–Trinajstić information content (AvgIpc) is 2.38. The Morgan fingerprint density at radius 1 is 1.22 bits per heavy atom. The van der Waals surface area contributed by atoms with Crippen molar-refractivity contribution in [2.24, 2.45) is 0 Å². The second-order valence-corrected chi connectivity index (χ2v) is 5.23. The first-order valence-corrected chi connectivity index (χ1v) is 7.01. The van der Waals surface area contributed by atoms with Gasteiger partial charge in [0.2, 0.25) is 0 Å². The van der Waals surface area contributed by atoms with Crippen molar-refractivity contribution in [3.8, 4) is 0 Å². The Morgan fingerprint density at radius 2 is 1.94 bits per heavy atom. The van der Waals surface area contributed by atoms with Crippen molar-refractivity contribution in [3.63, 3.8) is 0 Å². The van der Waals surface area contributed by atoms with Crippen molar-refractivity contribution in [1.29, 1.82) is 0 Å². The maximum absolute atomic E-state index is 6.39. The van der Waals surface area contributed by atoms with Gasteiger partial charge in [-0.1, -0.05) is 30.7 Å². The number of nitrogens with one attached hydrogen (secondary N) is 1. The van der Waals surface area contributed by atoms with E-state index >= 15 is 0 Å². The van der Waals surface area contributed by atoms with Crippen LogP contribution in [0.3, 0.4) is 0 Å². The van der Waals surface area contributed by atoms with Crippen molar-refractivity contribution in [1.82, 2.24) is 10.2 Å². The lowest BCUT2D eigenvalue weighted by Gasteiger charge is -2.35. The van der Waals surface area contributed by atoms with E-state index in [0.29, 0.717) is 0 Å². The molecule has 0 bridgehead atoms. The SMILES string of the molecule is CCNCc1cccc(Cl)c1N1CCN(C)CC1. The summed E-state index contributed by atoms with van der Waals surface area (Å²) in [5, 5.41) is 4.25. The van der Waals surface area contributed by atoms with Crippen molar-refractivity contribution >= 4 is 17.3 Å². The van der Waals surface area contributed by atoms with Crippen molar-refractivity contribution in [2.75, 3.05) is 44.7 Å². The number of benzene rings is 1. The number of piperazine rings is 1. The summed E-state index contributed by atoms with van der Waals surface area (Å²) < 4.78 is 0. The molecule has 1 aliphatic rings. The minimum atomic E-state index is 0.870. The van der Waals surface area contributed by atoms with E-state index in [9.17, 15) is 0 Å². The van der Waals surface area contributed by atoms with Gasteiger partial charge in [-0.25, -0.2) is 0 Å². The largest absolute Gasteiger partial charge is 0.368 e. The number of anilines is 1. The quantitative estimate of drug-likeness (QED) is 0.902. The first-order chi connectivity index (χ1) is 8.72. The smallest absolute Gasteiger partial charge is 0.0642 e. The number of para-hydroxylation sites is 1. The minimum absolute atomic E-state index is 0.870. The highest BCUT2D eigenvalue weighted by Gasteiger charge is 2.19. The summed E-state index contributed by atoms with van der Waals surface area (Å²) in [4.78, 5) is 4.77. The Labute approximate surface area is 115 Å². The lowest BCUT2D eigenvalue weighted by atomic mass is 10.1. The molecule has 1 N–H and O–H groups in total. The van der Waals surface area contributed by atoms with E-state index in [2.05, 4.69) is 35.2 Å². The van der Waals surface area contributed by atoms with Crippen LogP contribution in [0, 0.1) is 0 Å². The average molecular weight is 268 g/mol. The molecule has 0 amide bonds. The zero-order valence-electron chi connectivity index (χ0n) is 11.2. The topological polar surface area (TPSA) is 18.5 Å². The van der Waals surface area contributed by atoms with E-state index in [4.69, 9.17) is 11.6 Å². The van der Waals surface area contributed by atoms with Gasteiger partial charge in [0.1, 0.15) is 0 Å². The molecule has 18 heavy (non-hydrogen) atoms. The van der Waals surface area contributed by atoms with Crippen LogP contribution in [0.25, 0.3) is 0 Å². The van der Waals surface area contributed by atoms with Crippen LogP contribution < -0.4 is 10.2 Å². The predicted octanol–water partition coefficient (Wildman–Crippen LogP) is 2.20. The summed E-state index contributed by atoms with van der Waals surface area (Å²) >= 11 is 6.39. The van der Waals surface area contributed by atoms with E-state index in [1.807, 2.05) is 12.1 Å². The maximum Gasteiger partial charge on any atom is 0.0642 e. The lowest BCUT2D eigenvalue weighted by Crippen LogP contribution is -2.45. The van der Waals surface area contributed by atoms with Crippen LogP contribution in [0.5, 0.6) is 0 Å². The van der Waals surface area contributed by atoms with Crippen LogP contribution in [0.15, 0.2) is 18.2 Å². The van der Waals surface area contributed by atoms with Gasteiger partial charge in [-0.15, -0.1) is 0 Å². The fraction of sp³-hybridized carbons (Fsp3) is 0.571.